The molecule has 266 valence electrons. The molecule has 2 aromatic heterocycles. The van der Waals surface area contributed by atoms with E-state index >= 15 is 0 Å². The van der Waals surface area contributed by atoms with E-state index in [2.05, 4.69) is 42.4 Å². The van der Waals surface area contributed by atoms with Gasteiger partial charge in [0.1, 0.15) is 5.69 Å². The standard InChI is InChI=1S/C38H42F2N8O3/c1-37-20-30-27(19-31(37)38(37,39)40)33(45-44-30)34-41-28-8-4-24(18-29(28)42-34)36(51)48-16-14-46(15-17-48)21-22-10-12-47(13-11-22)25-5-2-23(3-6-25)26-7-9-32(49)43-35(26)50/h2-6,8,18,22,26,31H,7,9-17,19-21H2,1H3,(H,41,42)(H,44,45)(H,43,49,50)/t26?,31-,37?/m0/s1. The second-order valence-electron chi connectivity index (χ2n) is 15.4. The first kappa shape index (κ1) is 32.3. The highest BCUT2D eigenvalue weighted by atomic mass is 19.3. The van der Waals surface area contributed by atoms with Crippen LogP contribution in [-0.4, -0.2) is 99.4 Å². The number of carbonyl (C=O) groups is 3. The number of nitrogens with one attached hydrogen (secondary N) is 3. The molecule has 1 saturated carbocycles. The molecule has 3 atom stereocenters. The van der Waals surface area contributed by atoms with Crippen LogP contribution in [0.25, 0.3) is 22.6 Å². The lowest BCUT2D eigenvalue weighted by Gasteiger charge is -2.39. The number of hydrogen-bond acceptors (Lipinski definition) is 7. The Kier molecular flexibility index (Phi) is 7.57. The fourth-order valence-corrected chi connectivity index (χ4v) is 9.04. The van der Waals surface area contributed by atoms with Gasteiger partial charge >= 0.3 is 0 Å². The Hall–Kier alpha value is -4.65. The van der Waals surface area contributed by atoms with Gasteiger partial charge in [-0.2, -0.15) is 5.10 Å². The number of rotatable bonds is 6. The number of imidazole rings is 1. The lowest BCUT2D eigenvalue weighted by molar-refractivity contribution is -0.134. The van der Waals surface area contributed by atoms with Gasteiger partial charge in [-0.1, -0.05) is 19.1 Å². The van der Waals surface area contributed by atoms with E-state index < -0.39 is 17.3 Å². The number of H-pyrrole nitrogens is 2. The second kappa shape index (κ2) is 12.0. The molecule has 9 rings (SSSR count). The Balaban J connectivity index is 0.767. The van der Waals surface area contributed by atoms with E-state index in [1.165, 1.54) is 5.69 Å². The average molecular weight is 697 g/mol. The van der Waals surface area contributed by atoms with Crippen LogP contribution in [0.3, 0.4) is 0 Å². The number of fused-ring (bicyclic) bond motifs is 3. The minimum Gasteiger partial charge on any atom is -0.372 e. The number of alkyl halides is 2. The first-order valence-corrected chi connectivity index (χ1v) is 18.2. The Morgan fingerprint density at radius 1 is 0.980 bits per heavy atom. The minimum atomic E-state index is -2.66. The molecule has 0 spiro atoms. The number of piperidine rings is 2. The van der Waals surface area contributed by atoms with Crippen LogP contribution in [0.2, 0.25) is 0 Å². The van der Waals surface area contributed by atoms with Crippen LogP contribution in [0.5, 0.6) is 0 Å². The maximum Gasteiger partial charge on any atom is 0.258 e. The highest BCUT2D eigenvalue weighted by molar-refractivity contribution is 6.01. The van der Waals surface area contributed by atoms with Gasteiger partial charge in [-0.25, -0.2) is 13.8 Å². The third-order valence-corrected chi connectivity index (χ3v) is 12.4. The van der Waals surface area contributed by atoms with E-state index in [0.717, 1.165) is 67.9 Å². The van der Waals surface area contributed by atoms with Crippen LogP contribution >= 0.6 is 0 Å². The molecular formula is C38H42F2N8O3. The van der Waals surface area contributed by atoms with E-state index in [4.69, 9.17) is 4.98 Å². The lowest BCUT2D eigenvalue weighted by Crippen LogP contribution is -2.50. The fraction of sp³-hybridized carbons (Fsp3) is 0.500. The lowest BCUT2D eigenvalue weighted by atomic mass is 9.87. The molecule has 2 aromatic carbocycles. The Bertz CT molecular complexity index is 2030. The molecule has 3 N–H and O–H groups in total. The summed E-state index contributed by atoms with van der Waals surface area (Å²) < 4.78 is 28.9. The topological polar surface area (TPSA) is 130 Å². The van der Waals surface area contributed by atoms with E-state index in [1.54, 1.807) is 6.92 Å². The van der Waals surface area contributed by atoms with Crippen LogP contribution in [0.1, 0.15) is 65.7 Å². The van der Waals surface area contributed by atoms with Crippen molar-refractivity contribution in [2.24, 2.45) is 17.3 Å². The van der Waals surface area contributed by atoms with Gasteiger partial charge in [0, 0.05) is 92.5 Å². The Labute approximate surface area is 294 Å². The smallest absolute Gasteiger partial charge is 0.258 e. The normalized spacial score (nSPS) is 26.6. The van der Waals surface area contributed by atoms with Crippen molar-refractivity contribution < 1.29 is 23.2 Å². The van der Waals surface area contributed by atoms with Crippen molar-refractivity contribution in [1.82, 2.24) is 35.3 Å². The maximum absolute atomic E-state index is 14.5. The van der Waals surface area contributed by atoms with Crippen molar-refractivity contribution in [3.8, 4) is 11.5 Å². The van der Waals surface area contributed by atoms with E-state index in [9.17, 15) is 23.2 Å². The zero-order valence-electron chi connectivity index (χ0n) is 28.7. The number of amides is 3. The predicted octanol–water partition coefficient (Wildman–Crippen LogP) is 4.52. The molecular weight excluding hydrogens is 654 g/mol. The van der Waals surface area contributed by atoms with Gasteiger partial charge in [0.2, 0.25) is 11.8 Å². The molecule has 5 aliphatic rings. The third-order valence-electron chi connectivity index (χ3n) is 12.4. The molecule has 4 aromatic rings. The molecule has 11 nitrogen and oxygen atoms in total. The monoisotopic (exact) mass is 696 g/mol. The van der Waals surface area contributed by atoms with Crippen LogP contribution in [0.15, 0.2) is 42.5 Å². The number of imide groups is 1. The summed E-state index contributed by atoms with van der Waals surface area (Å²) in [6.45, 7) is 7.68. The van der Waals surface area contributed by atoms with Crippen molar-refractivity contribution in [2.45, 2.75) is 57.3 Å². The molecule has 51 heavy (non-hydrogen) atoms. The molecule has 13 heteroatoms. The number of nitrogens with zero attached hydrogens (tertiary/aromatic N) is 5. The van der Waals surface area contributed by atoms with Crippen LogP contribution in [0.4, 0.5) is 14.5 Å². The largest absolute Gasteiger partial charge is 0.372 e. The molecule has 2 unspecified atom stereocenters. The summed E-state index contributed by atoms with van der Waals surface area (Å²) >= 11 is 0. The van der Waals surface area contributed by atoms with Gasteiger partial charge in [-0.15, -0.1) is 0 Å². The summed E-state index contributed by atoms with van der Waals surface area (Å²) in [6, 6.07) is 13.7. The van der Waals surface area contributed by atoms with Gasteiger partial charge in [0.25, 0.3) is 11.8 Å². The van der Waals surface area contributed by atoms with E-state index in [1.807, 2.05) is 35.2 Å². The minimum absolute atomic E-state index is 0.00275. The summed E-state index contributed by atoms with van der Waals surface area (Å²) in [4.78, 5) is 52.1. The maximum atomic E-state index is 14.5. The molecule has 4 fully saturated rings. The first-order valence-electron chi connectivity index (χ1n) is 18.2. The summed E-state index contributed by atoms with van der Waals surface area (Å²) in [7, 11) is 0. The number of anilines is 1. The van der Waals surface area contributed by atoms with Crippen molar-refractivity contribution in [3.05, 3.63) is 64.8 Å². The van der Waals surface area contributed by atoms with E-state index in [-0.39, 0.29) is 36.5 Å². The summed E-state index contributed by atoms with van der Waals surface area (Å²) in [6.07, 6.45) is 3.71. The number of aromatic amines is 2. The van der Waals surface area contributed by atoms with Crippen LogP contribution < -0.4 is 10.2 Å². The molecule has 0 bridgehead atoms. The number of hydrogen-bond donors (Lipinski definition) is 3. The first-order chi connectivity index (χ1) is 24.6. The quantitative estimate of drug-likeness (QED) is 0.253. The van der Waals surface area contributed by atoms with Gasteiger partial charge in [-0.3, -0.25) is 29.7 Å². The van der Waals surface area contributed by atoms with Gasteiger partial charge in [-0.05, 0) is 67.5 Å². The van der Waals surface area contributed by atoms with E-state index in [0.29, 0.717) is 54.4 Å². The number of carbonyl (C=O) groups excluding carboxylic acids is 3. The molecule has 3 saturated heterocycles. The SMILES string of the molecule is CC12Cc3[nH]nc(-c4nc5ccc(C(=O)N6CCN(CC7CCN(c8ccc(C9CCC(=O)NC9=O)cc8)CC7)CC6)cc5[nH]4)c3C[C@@H]1C2(F)F. The highest BCUT2D eigenvalue weighted by Crippen LogP contribution is 2.70. The summed E-state index contributed by atoms with van der Waals surface area (Å²) in [5.74, 6) is -2.85. The number of benzene rings is 2. The second-order valence-corrected chi connectivity index (χ2v) is 15.4. The van der Waals surface area contributed by atoms with Gasteiger partial charge < -0.3 is 14.8 Å². The Morgan fingerprint density at radius 3 is 2.49 bits per heavy atom. The fourth-order valence-electron chi connectivity index (χ4n) is 9.04. The molecule has 3 amide bonds. The van der Waals surface area contributed by atoms with Crippen LogP contribution in [-0.2, 0) is 22.4 Å². The van der Waals surface area contributed by atoms with Crippen molar-refractivity contribution in [2.75, 3.05) is 50.7 Å². The van der Waals surface area contributed by atoms with Crippen molar-refractivity contribution in [1.29, 1.82) is 0 Å². The highest BCUT2D eigenvalue weighted by Gasteiger charge is 2.78. The van der Waals surface area contributed by atoms with Crippen LogP contribution in [0, 0.1) is 17.3 Å². The molecule has 5 heterocycles. The number of halogens is 2. The number of piperazine rings is 1. The van der Waals surface area contributed by atoms with Crippen molar-refractivity contribution >= 4 is 34.4 Å². The van der Waals surface area contributed by atoms with Crippen molar-refractivity contribution in [3.63, 3.8) is 0 Å². The Morgan fingerprint density at radius 2 is 1.75 bits per heavy atom. The zero-order valence-corrected chi connectivity index (χ0v) is 28.7. The molecule has 3 aliphatic heterocycles. The predicted molar refractivity (Wildman–Crippen MR) is 186 cm³/mol. The third kappa shape index (κ3) is 5.51. The summed E-state index contributed by atoms with van der Waals surface area (Å²) in [5.41, 5.74) is 5.32. The molecule has 2 aliphatic carbocycles. The van der Waals surface area contributed by atoms with Gasteiger partial charge in [0.15, 0.2) is 5.82 Å². The van der Waals surface area contributed by atoms with Gasteiger partial charge in [0.05, 0.1) is 17.0 Å². The summed E-state index contributed by atoms with van der Waals surface area (Å²) in [5, 5.41) is 9.88. The zero-order chi connectivity index (χ0) is 35.1. The molecule has 0 radical (unpaired) electrons. The number of aromatic nitrogens is 4. The average Bonchev–Trinajstić information content (AvgIpc) is 3.52.